The van der Waals surface area contributed by atoms with Gasteiger partial charge < -0.3 is 4.74 Å². The predicted molar refractivity (Wildman–Crippen MR) is 119 cm³/mol. The maximum atomic E-state index is 12.6. The highest BCUT2D eigenvalue weighted by molar-refractivity contribution is 8.00. The SMILES string of the molecule is Cc1nc(COc2cccc(C(=O)Nc3nnc(SCc4cccs4)s3)c2)cs1. The average molecular weight is 461 g/mol. The van der Waals surface area contributed by atoms with E-state index in [0.29, 0.717) is 23.1 Å². The smallest absolute Gasteiger partial charge is 0.257 e. The zero-order valence-corrected chi connectivity index (χ0v) is 18.6. The minimum atomic E-state index is -0.245. The van der Waals surface area contributed by atoms with Gasteiger partial charge in [0, 0.05) is 21.6 Å². The van der Waals surface area contributed by atoms with Crippen LogP contribution in [0.3, 0.4) is 0 Å². The van der Waals surface area contributed by atoms with Crippen molar-refractivity contribution in [2.45, 2.75) is 23.6 Å². The number of carbonyl (C=O) groups is 1. The number of thioether (sulfide) groups is 1. The van der Waals surface area contributed by atoms with Crippen molar-refractivity contribution in [2.75, 3.05) is 5.32 Å². The standard InChI is InChI=1S/C19H16N4O2S4/c1-12-20-14(10-27-12)9-25-15-5-2-4-13(8-15)17(24)21-18-22-23-19(29-18)28-11-16-6-3-7-26-16/h2-8,10H,9,11H2,1H3,(H,21,22,24). The largest absolute Gasteiger partial charge is 0.487 e. The van der Waals surface area contributed by atoms with E-state index in [4.69, 9.17) is 4.74 Å². The molecule has 0 saturated carbocycles. The van der Waals surface area contributed by atoms with E-state index in [2.05, 4.69) is 31.9 Å². The topological polar surface area (TPSA) is 77.0 Å². The third-order valence-electron chi connectivity index (χ3n) is 3.69. The third kappa shape index (κ3) is 5.63. The fourth-order valence-corrected chi connectivity index (χ4v) is 5.49. The fraction of sp³-hybridized carbons (Fsp3) is 0.158. The Labute approximate surface area is 184 Å². The molecular weight excluding hydrogens is 445 g/mol. The summed E-state index contributed by atoms with van der Waals surface area (Å²) < 4.78 is 6.58. The second kappa shape index (κ2) is 9.49. The molecule has 10 heteroatoms. The van der Waals surface area contributed by atoms with Crippen molar-refractivity contribution in [3.05, 3.63) is 68.3 Å². The number of thiophene rings is 1. The molecule has 0 aliphatic rings. The van der Waals surface area contributed by atoms with Gasteiger partial charge in [-0.25, -0.2) is 4.98 Å². The van der Waals surface area contributed by atoms with Crippen molar-refractivity contribution in [1.29, 1.82) is 0 Å². The highest BCUT2D eigenvalue weighted by Crippen LogP contribution is 2.29. The maximum absolute atomic E-state index is 12.6. The lowest BCUT2D eigenvalue weighted by atomic mass is 10.2. The Hall–Kier alpha value is -2.27. The third-order valence-corrected chi connectivity index (χ3v) is 7.60. The van der Waals surface area contributed by atoms with Gasteiger partial charge in [0.1, 0.15) is 12.4 Å². The normalized spacial score (nSPS) is 10.8. The van der Waals surface area contributed by atoms with Gasteiger partial charge in [-0.05, 0) is 36.6 Å². The number of hydrogen-bond acceptors (Lipinski definition) is 9. The first-order chi connectivity index (χ1) is 14.2. The molecule has 0 unspecified atom stereocenters. The van der Waals surface area contributed by atoms with Crippen molar-refractivity contribution < 1.29 is 9.53 Å². The first kappa shape index (κ1) is 20.0. The van der Waals surface area contributed by atoms with Gasteiger partial charge in [0.05, 0.1) is 10.7 Å². The molecule has 1 N–H and O–H groups in total. The second-order valence-corrected chi connectivity index (χ2v) is 10.2. The number of amides is 1. The Morgan fingerprint density at radius 1 is 1.21 bits per heavy atom. The van der Waals surface area contributed by atoms with Gasteiger partial charge in [-0.1, -0.05) is 35.2 Å². The van der Waals surface area contributed by atoms with Gasteiger partial charge in [0.25, 0.3) is 5.91 Å². The molecule has 3 aromatic heterocycles. The summed E-state index contributed by atoms with van der Waals surface area (Å²) in [5.41, 5.74) is 1.38. The van der Waals surface area contributed by atoms with Crippen molar-refractivity contribution in [3.8, 4) is 5.75 Å². The molecule has 0 aliphatic carbocycles. The molecule has 4 rings (SSSR count). The molecule has 3 heterocycles. The molecule has 1 amide bonds. The van der Waals surface area contributed by atoms with Crippen LogP contribution >= 0.6 is 45.8 Å². The lowest BCUT2D eigenvalue weighted by Gasteiger charge is -2.06. The van der Waals surface area contributed by atoms with Crippen LogP contribution in [0.2, 0.25) is 0 Å². The summed E-state index contributed by atoms with van der Waals surface area (Å²) >= 11 is 6.27. The van der Waals surface area contributed by atoms with Crippen molar-refractivity contribution in [3.63, 3.8) is 0 Å². The summed E-state index contributed by atoms with van der Waals surface area (Å²) in [6.07, 6.45) is 0. The van der Waals surface area contributed by atoms with E-state index in [1.807, 2.05) is 24.4 Å². The number of aromatic nitrogens is 3. The van der Waals surface area contributed by atoms with Gasteiger partial charge in [-0.2, -0.15) is 0 Å². The summed E-state index contributed by atoms with van der Waals surface area (Å²) in [7, 11) is 0. The molecule has 6 nitrogen and oxygen atoms in total. The van der Waals surface area contributed by atoms with Gasteiger partial charge in [0.15, 0.2) is 4.34 Å². The lowest BCUT2D eigenvalue weighted by molar-refractivity contribution is 0.102. The van der Waals surface area contributed by atoms with Crippen molar-refractivity contribution >= 4 is 56.8 Å². The Kier molecular flexibility index (Phi) is 6.55. The van der Waals surface area contributed by atoms with Crippen LogP contribution in [0.25, 0.3) is 0 Å². The van der Waals surface area contributed by atoms with E-state index in [1.54, 1.807) is 52.6 Å². The van der Waals surface area contributed by atoms with Crippen LogP contribution in [-0.4, -0.2) is 21.1 Å². The molecule has 148 valence electrons. The van der Waals surface area contributed by atoms with E-state index in [1.165, 1.54) is 16.2 Å². The summed E-state index contributed by atoms with van der Waals surface area (Å²) in [5.74, 6) is 1.22. The second-order valence-electron chi connectivity index (χ2n) is 5.87. The van der Waals surface area contributed by atoms with E-state index in [-0.39, 0.29) is 5.91 Å². The molecule has 0 bridgehead atoms. The first-order valence-corrected chi connectivity index (χ1v) is 12.2. The van der Waals surface area contributed by atoms with Crippen molar-refractivity contribution in [1.82, 2.24) is 15.2 Å². The Morgan fingerprint density at radius 2 is 2.14 bits per heavy atom. The summed E-state index contributed by atoms with van der Waals surface area (Å²) in [6, 6.07) is 11.2. The van der Waals surface area contributed by atoms with Crippen LogP contribution in [0.1, 0.15) is 25.9 Å². The molecule has 0 fully saturated rings. The van der Waals surface area contributed by atoms with E-state index in [0.717, 1.165) is 20.8 Å². The number of hydrogen-bond donors (Lipinski definition) is 1. The van der Waals surface area contributed by atoms with Gasteiger partial charge in [-0.3, -0.25) is 10.1 Å². The van der Waals surface area contributed by atoms with Gasteiger partial charge in [0.2, 0.25) is 5.13 Å². The molecule has 29 heavy (non-hydrogen) atoms. The van der Waals surface area contributed by atoms with Crippen LogP contribution in [0, 0.1) is 6.92 Å². The fourth-order valence-electron chi connectivity index (χ4n) is 2.37. The highest BCUT2D eigenvalue weighted by atomic mass is 32.2. The van der Waals surface area contributed by atoms with Crippen LogP contribution in [0.4, 0.5) is 5.13 Å². The van der Waals surface area contributed by atoms with E-state index >= 15 is 0 Å². The number of ether oxygens (including phenoxy) is 1. The number of nitrogens with zero attached hydrogens (tertiary/aromatic N) is 3. The molecule has 4 aromatic rings. The summed E-state index contributed by atoms with van der Waals surface area (Å²) in [6.45, 7) is 2.33. The van der Waals surface area contributed by atoms with Gasteiger partial charge in [-0.15, -0.1) is 32.9 Å². The zero-order valence-electron chi connectivity index (χ0n) is 15.3. The van der Waals surface area contributed by atoms with Crippen LogP contribution in [-0.2, 0) is 12.4 Å². The maximum Gasteiger partial charge on any atom is 0.257 e. The number of rotatable bonds is 8. The number of aryl methyl sites for hydroxylation is 1. The molecule has 0 spiro atoms. The molecule has 0 radical (unpaired) electrons. The van der Waals surface area contributed by atoms with E-state index in [9.17, 15) is 4.79 Å². The summed E-state index contributed by atoms with van der Waals surface area (Å²) in [4.78, 5) is 18.2. The van der Waals surface area contributed by atoms with Gasteiger partial charge >= 0.3 is 0 Å². The minimum absolute atomic E-state index is 0.245. The van der Waals surface area contributed by atoms with Crippen LogP contribution in [0.15, 0.2) is 51.5 Å². The summed E-state index contributed by atoms with van der Waals surface area (Å²) in [5, 5.41) is 16.5. The monoisotopic (exact) mass is 460 g/mol. The first-order valence-electron chi connectivity index (χ1n) is 8.59. The number of anilines is 1. The number of carbonyl (C=O) groups excluding carboxylic acids is 1. The molecular formula is C19H16N4O2S4. The highest BCUT2D eigenvalue weighted by Gasteiger charge is 2.12. The number of thiazole rings is 1. The number of nitrogens with one attached hydrogen (secondary N) is 1. The molecule has 0 aliphatic heterocycles. The molecule has 0 saturated heterocycles. The molecule has 1 aromatic carbocycles. The average Bonchev–Trinajstić information content (AvgIpc) is 3.47. The lowest BCUT2D eigenvalue weighted by Crippen LogP contribution is -2.11. The zero-order chi connectivity index (χ0) is 20.1. The Bertz CT molecular complexity index is 1090. The van der Waals surface area contributed by atoms with E-state index < -0.39 is 0 Å². The molecule has 0 atom stereocenters. The minimum Gasteiger partial charge on any atom is -0.487 e. The number of benzene rings is 1. The van der Waals surface area contributed by atoms with Crippen LogP contribution in [0.5, 0.6) is 5.75 Å². The Morgan fingerprint density at radius 3 is 2.93 bits per heavy atom. The Balaban J connectivity index is 1.33. The quantitative estimate of drug-likeness (QED) is 0.277. The predicted octanol–water partition coefficient (Wildman–Crippen LogP) is 5.49. The van der Waals surface area contributed by atoms with Crippen molar-refractivity contribution in [2.24, 2.45) is 0 Å². The van der Waals surface area contributed by atoms with Crippen LogP contribution < -0.4 is 10.1 Å².